The lowest BCUT2D eigenvalue weighted by atomic mass is 10.0. The van der Waals surface area contributed by atoms with Crippen molar-refractivity contribution in [3.8, 4) is 0 Å². The molecule has 9 nitrogen and oxygen atoms in total. The fourth-order valence-corrected chi connectivity index (χ4v) is 7.16. The Morgan fingerprint density at radius 3 is 2.83 bits per heavy atom. The number of benzene rings is 1. The van der Waals surface area contributed by atoms with Crippen LogP contribution in [0.5, 0.6) is 0 Å². The van der Waals surface area contributed by atoms with Crippen molar-refractivity contribution in [1.82, 2.24) is 9.29 Å². The Kier molecular flexibility index (Phi) is 6.80. The number of aromatic nitrogens is 1. The molecule has 1 aliphatic heterocycles. The lowest BCUT2D eigenvalue weighted by Crippen LogP contribution is -2.39. The molecule has 1 unspecified atom stereocenters. The molecule has 1 saturated heterocycles. The van der Waals surface area contributed by atoms with E-state index in [9.17, 15) is 23.3 Å². The van der Waals surface area contributed by atoms with Gasteiger partial charge in [0.1, 0.15) is 0 Å². The molecular weight excluding hydrogens is 448 g/mol. The van der Waals surface area contributed by atoms with Gasteiger partial charge in [-0.1, -0.05) is 18.7 Å². The standard InChI is InChI=1S/C18H22N4O5S3/c1-11-4-3-7-21(10-11)30(26,27)13-5-6-15(14(8-13)22(24)25)28-18-20-12(2)16(29-18)9-17(19)23/h5-6,8,11H,3-4,7,9-10H2,1-2H3,(H2,19,23). The van der Waals surface area contributed by atoms with Crippen LogP contribution in [0.4, 0.5) is 5.69 Å². The molecule has 162 valence electrons. The quantitative estimate of drug-likeness (QED) is 0.485. The number of nitrogens with zero attached hydrogens (tertiary/aromatic N) is 3. The number of thiazole rings is 1. The van der Waals surface area contributed by atoms with Crippen LogP contribution < -0.4 is 5.73 Å². The predicted octanol–water partition coefficient (Wildman–Crippen LogP) is 2.96. The van der Waals surface area contributed by atoms with Crippen LogP contribution in [0.2, 0.25) is 0 Å². The van der Waals surface area contributed by atoms with E-state index in [0.29, 0.717) is 28.0 Å². The van der Waals surface area contributed by atoms with E-state index >= 15 is 0 Å². The number of hydrogen-bond acceptors (Lipinski definition) is 8. The number of sulfonamides is 1. The second-order valence-electron chi connectivity index (χ2n) is 7.23. The van der Waals surface area contributed by atoms with Crippen molar-refractivity contribution in [3.63, 3.8) is 0 Å². The van der Waals surface area contributed by atoms with Crippen LogP contribution in [0.15, 0.2) is 32.3 Å². The van der Waals surface area contributed by atoms with Gasteiger partial charge in [-0.3, -0.25) is 14.9 Å². The number of rotatable bonds is 7. The fourth-order valence-electron chi connectivity index (χ4n) is 3.26. The Morgan fingerprint density at radius 2 is 2.20 bits per heavy atom. The van der Waals surface area contributed by atoms with E-state index in [0.717, 1.165) is 30.7 Å². The van der Waals surface area contributed by atoms with Crippen LogP contribution >= 0.6 is 23.1 Å². The normalized spacial score (nSPS) is 17.7. The molecule has 0 aliphatic carbocycles. The number of nitro benzene ring substituents is 1. The van der Waals surface area contributed by atoms with Crippen LogP contribution in [0.1, 0.15) is 30.3 Å². The van der Waals surface area contributed by atoms with Gasteiger partial charge in [-0.05, 0) is 37.8 Å². The minimum Gasteiger partial charge on any atom is -0.369 e. The van der Waals surface area contributed by atoms with Gasteiger partial charge in [0.2, 0.25) is 15.9 Å². The summed E-state index contributed by atoms with van der Waals surface area (Å²) in [5.74, 6) is -0.230. The Morgan fingerprint density at radius 1 is 1.47 bits per heavy atom. The van der Waals surface area contributed by atoms with Crippen molar-refractivity contribution in [3.05, 3.63) is 38.9 Å². The molecule has 2 aromatic rings. The number of piperidine rings is 1. The third kappa shape index (κ3) is 4.99. The Hall–Kier alpha value is -2.02. The number of hydrogen-bond donors (Lipinski definition) is 1. The number of primary amides is 1. The van der Waals surface area contributed by atoms with Gasteiger partial charge in [-0.25, -0.2) is 13.4 Å². The first-order chi connectivity index (χ1) is 14.1. The first-order valence-corrected chi connectivity index (χ1v) is 12.4. The molecule has 0 spiro atoms. The van der Waals surface area contributed by atoms with E-state index < -0.39 is 20.9 Å². The lowest BCUT2D eigenvalue weighted by Gasteiger charge is -2.30. The van der Waals surface area contributed by atoms with E-state index in [1.165, 1.54) is 27.8 Å². The molecule has 0 saturated carbocycles. The Labute approximate surface area is 182 Å². The molecule has 1 atom stereocenters. The summed E-state index contributed by atoms with van der Waals surface area (Å²) in [5, 5.41) is 11.6. The zero-order valence-electron chi connectivity index (χ0n) is 16.5. The highest BCUT2D eigenvalue weighted by atomic mass is 32.2. The molecule has 0 radical (unpaired) electrons. The molecule has 1 aliphatic rings. The number of aryl methyl sites for hydroxylation is 1. The largest absolute Gasteiger partial charge is 0.369 e. The van der Waals surface area contributed by atoms with Crippen LogP contribution in [0, 0.1) is 23.0 Å². The molecule has 1 aromatic carbocycles. The van der Waals surface area contributed by atoms with Gasteiger partial charge in [-0.15, -0.1) is 11.3 Å². The minimum atomic E-state index is -3.80. The molecular formula is C18H22N4O5S3. The maximum absolute atomic E-state index is 13.0. The second kappa shape index (κ2) is 9.00. The van der Waals surface area contributed by atoms with Crippen LogP contribution in [0.3, 0.4) is 0 Å². The van der Waals surface area contributed by atoms with Crippen molar-refractivity contribution >= 4 is 44.7 Å². The lowest BCUT2D eigenvalue weighted by molar-refractivity contribution is -0.388. The molecule has 2 heterocycles. The highest BCUT2D eigenvalue weighted by Gasteiger charge is 2.31. The summed E-state index contributed by atoms with van der Waals surface area (Å²) < 4.78 is 27.9. The third-order valence-electron chi connectivity index (χ3n) is 4.79. The van der Waals surface area contributed by atoms with Crippen molar-refractivity contribution in [2.24, 2.45) is 11.7 Å². The number of carbonyl (C=O) groups is 1. The van der Waals surface area contributed by atoms with E-state index in [1.807, 2.05) is 6.92 Å². The van der Waals surface area contributed by atoms with Gasteiger partial charge in [-0.2, -0.15) is 4.31 Å². The summed E-state index contributed by atoms with van der Waals surface area (Å²) in [4.78, 5) is 27.4. The molecule has 0 bridgehead atoms. The smallest absolute Gasteiger partial charge is 0.284 e. The average molecular weight is 471 g/mol. The van der Waals surface area contributed by atoms with Crippen molar-refractivity contribution in [2.75, 3.05) is 13.1 Å². The summed E-state index contributed by atoms with van der Waals surface area (Å²) >= 11 is 2.30. The zero-order chi connectivity index (χ0) is 22.1. The summed E-state index contributed by atoms with van der Waals surface area (Å²) in [6, 6.07) is 3.95. The van der Waals surface area contributed by atoms with Gasteiger partial charge in [0.15, 0.2) is 4.34 Å². The molecule has 1 aromatic heterocycles. The van der Waals surface area contributed by atoms with Gasteiger partial charge in [0.05, 0.1) is 26.8 Å². The Balaban J connectivity index is 1.91. The SMILES string of the molecule is Cc1nc(Sc2ccc(S(=O)(=O)N3CCCC(C)C3)cc2[N+](=O)[O-])sc1CC(N)=O. The predicted molar refractivity (Wildman–Crippen MR) is 114 cm³/mol. The molecule has 1 amide bonds. The number of carbonyl (C=O) groups excluding carboxylic acids is 1. The number of amides is 1. The zero-order valence-corrected chi connectivity index (χ0v) is 19.0. The number of nitrogens with two attached hydrogens (primary N) is 1. The molecule has 12 heteroatoms. The van der Waals surface area contributed by atoms with Gasteiger partial charge >= 0.3 is 0 Å². The fraction of sp³-hybridized carbons (Fsp3) is 0.444. The monoisotopic (exact) mass is 470 g/mol. The van der Waals surface area contributed by atoms with Crippen molar-refractivity contribution < 1.29 is 18.1 Å². The highest BCUT2D eigenvalue weighted by molar-refractivity contribution is 8.01. The maximum atomic E-state index is 13.0. The van der Waals surface area contributed by atoms with Crippen LogP contribution in [-0.2, 0) is 21.2 Å². The van der Waals surface area contributed by atoms with Gasteiger partial charge in [0, 0.05) is 24.0 Å². The molecule has 3 rings (SSSR count). The second-order valence-corrected chi connectivity index (χ2v) is 11.5. The van der Waals surface area contributed by atoms with Crippen molar-refractivity contribution in [2.45, 2.75) is 47.2 Å². The summed E-state index contributed by atoms with van der Waals surface area (Å²) in [6.07, 6.45) is 1.79. The first kappa shape index (κ1) is 22.7. The van der Waals surface area contributed by atoms with Crippen molar-refractivity contribution in [1.29, 1.82) is 0 Å². The topological polar surface area (TPSA) is 136 Å². The molecule has 2 N–H and O–H groups in total. The summed E-state index contributed by atoms with van der Waals surface area (Å²) in [5.41, 5.74) is 5.57. The minimum absolute atomic E-state index is 0.0532. The third-order valence-corrected chi connectivity index (χ3v) is 8.93. The van der Waals surface area contributed by atoms with Gasteiger partial charge < -0.3 is 5.73 Å². The van der Waals surface area contributed by atoms with Gasteiger partial charge in [0.25, 0.3) is 5.69 Å². The van der Waals surface area contributed by atoms with Crippen LogP contribution in [-0.4, -0.2) is 41.6 Å². The van der Waals surface area contributed by atoms with E-state index in [-0.39, 0.29) is 27.8 Å². The Bertz CT molecular complexity index is 1080. The summed E-state index contributed by atoms with van der Waals surface area (Å²) in [6.45, 7) is 4.56. The molecule has 30 heavy (non-hydrogen) atoms. The highest BCUT2D eigenvalue weighted by Crippen LogP contribution is 2.39. The first-order valence-electron chi connectivity index (χ1n) is 9.29. The molecule has 1 fully saturated rings. The van der Waals surface area contributed by atoms with E-state index in [4.69, 9.17) is 5.73 Å². The average Bonchev–Trinajstić information content (AvgIpc) is 3.00. The maximum Gasteiger partial charge on any atom is 0.284 e. The number of nitro groups is 1. The van der Waals surface area contributed by atoms with Crippen LogP contribution in [0.25, 0.3) is 0 Å². The van der Waals surface area contributed by atoms with E-state index in [1.54, 1.807) is 6.92 Å². The van der Waals surface area contributed by atoms with E-state index in [2.05, 4.69) is 4.98 Å². The summed E-state index contributed by atoms with van der Waals surface area (Å²) in [7, 11) is -3.80.